The molecule has 0 saturated heterocycles. The van der Waals surface area contributed by atoms with Crippen molar-refractivity contribution in [1.29, 1.82) is 0 Å². The van der Waals surface area contributed by atoms with Gasteiger partial charge in [-0.05, 0) is 84.9 Å². The molecule has 0 unspecified atom stereocenters. The molecule has 4 nitrogen and oxygen atoms in total. The van der Waals surface area contributed by atoms with Crippen molar-refractivity contribution in [3.8, 4) is 17.1 Å². The molecule has 0 amide bonds. The van der Waals surface area contributed by atoms with E-state index in [0.717, 1.165) is 17.1 Å². The standard InChI is InChI=1S/C54H32N4/c1-4-16-33(17-5-1)55-44-25-13-10-22-36(44)39-28-41-42-30-51-52(38-24-12-15-27-46(38)57(51)35-20-8-3-9-21-35)53-43-29-40-37-23-11-14-26-45(37)56(34-18-6-2-7-19-34)48(40)32-50(43)58(54(42)53)49(41)31-47(39)55/h1-32H. The first-order valence-corrected chi connectivity index (χ1v) is 20.0. The van der Waals surface area contributed by atoms with Gasteiger partial charge >= 0.3 is 0 Å². The monoisotopic (exact) mass is 736 g/mol. The minimum absolute atomic E-state index is 1.16. The van der Waals surface area contributed by atoms with E-state index in [0.29, 0.717) is 0 Å². The van der Waals surface area contributed by atoms with Gasteiger partial charge in [-0.15, -0.1) is 0 Å². The maximum Gasteiger partial charge on any atom is 0.0628 e. The van der Waals surface area contributed by atoms with Crippen molar-refractivity contribution in [3.05, 3.63) is 194 Å². The van der Waals surface area contributed by atoms with Gasteiger partial charge in [0.2, 0.25) is 0 Å². The van der Waals surface area contributed by atoms with Crippen LogP contribution in [-0.4, -0.2) is 18.1 Å². The van der Waals surface area contributed by atoms with E-state index >= 15 is 0 Å². The highest BCUT2D eigenvalue weighted by Crippen LogP contribution is 2.49. The molecule has 0 aliphatic rings. The van der Waals surface area contributed by atoms with Crippen molar-refractivity contribution in [1.82, 2.24) is 18.1 Å². The van der Waals surface area contributed by atoms with Crippen LogP contribution < -0.4 is 0 Å². The Morgan fingerprint density at radius 3 is 1.16 bits per heavy atom. The Labute approximate surface area is 331 Å². The van der Waals surface area contributed by atoms with Crippen molar-refractivity contribution < 1.29 is 0 Å². The van der Waals surface area contributed by atoms with Gasteiger partial charge in [0, 0.05) is 70.9 Å². The fourth-order valence-corrected chi connectivity index (χ4v) is 10.5. The van der Waals surface area contributed by atoms with E-state index in [-0.39, 0.29) is 0 Å². The van der Waals surface area contributed by atoms with Crippen molar-refractivity contribution in [2.45, 2.75) is 0 Å². The largest absolute Gasteiger partial charge is 0.309 e. The second-order valence-electron chi connectivity index (χ2n) is 15.7. The van der Waals surface area contributed by atoms with E-state index in [1.165, 1.54) is 104 Å². The van der Waals surface area contributed by atoms with Crippen LogP contribution in [-0.2, 0) is 0 Å². The molecule has 14 aromatic rings. The normalized spacial score (nSPS) is 12.5. The predicted molar refractivity (Wildman–Crippen MR) is 244 cm³/mol. The number of hydrogen-bond acceptors (Lipinski definition) is 0. The van der Waals surface area contributed by atoms with E-state index in [1.54, 1.807) is 0 Å². The van der Waals surface area contributed by atoms with E-state index in [9.17, 15) is 0 Å². The average Bonchev–Trinajstić information content (AvgIpc) is 4.06. The summed E-state index contributed by atoms with van der Waals surface area (Å²) in [5, 5.41) is 12.7. The predicted octanol–water partition coefficient (Wildman–Crippen LogP) is 14.1. The van der Waals surface area contributed by atoms with E-state index in [2.05, 4.69) is 212 Å². The van der Waals surface area contributed by atoms with Gasteiger partial charge in [0.05, 0.1) is 49.7 Å². The second kappa shape index (κ2) is 10.9. The summed E-state index contributed by atoms with van der Waals surface area (Å²) in [5.41, 5.74) is 14.5. The highest BCUT2D eigenvalue weighted by Gasteiger charge is 2.27. The molecule has 5 heterocycles. The van der Waals surface area contributed by atoms with E-state index in [4.69, 9.17) is 0 Å². The van der Waals surface area contributed by atoms with Crippen LogP contribution in [0.1, 0.15) is 0 Å². The van der Waals surface area contributed by atoms with Gasteiger partial charge in [0.1, 0.15) is 0 Å². The molecular weight excluding hydrogens is 705 g/mol. The molecule has 0 atom stereocenters. The summed E-state index contributed by atoms with van der Waals surface area (Å²) in [5.74, 6) is 0. The Bertz CT molecular complexity index is 3990. The molecule has 0 radical (unpaired) electrons. The van der Waals surface area contributed by atoms with Gasteiger partial charge in [-0.2, -0.15) is 0 Å². The summed E-state index contributed by atoms with van der Waals surface area (Å²) in [7, 11) is 0. The van der Waals surface area contributed by atoms with Crippen molar-refractivity contribution in [2.75, 3.05) is 0 Å². The quantitative estimate of drug-likeness (QED) is 0.172. The summed E-state index contributed by atoms with van der Waals surface area (Å²) >= 11 is 0. The van der Waals surface area contributed by atoms with Gasteiger partial charge in [0.25, 0.3) is 0 Å². The summed E-state index contributed by atoms with van der Waals surface area (Å²) in [6.07, 6.45) is 0. The Morgan fingerprint density at radius 2 is 0.621 bits per heavy atom. The van der Waals surface area contributed by atoms with Gasteiger partial charge in [-0.25, -0.2) is 0 Å². The maximum absolute atomic E-state index is 2.59. The zero-order valence-corrected chi connectivity index (χ0v) is 31.3. The average molecular weight is 737 g/mol. The number of hydrogen-bond donors (Lipinski definition) is 0. The van der Waals surface area contributed by atoms with Gasteiger partial charge in [0.15, 0.2) is 0 Å². The van der Waals surface area contributed by atoms with Crippen molar-refractivity contribution in [2.24, 2.45) is 0 Å². The topological polar surface area (TPSA) is 19.2 Å². The van der Waals surface area contributed by atoms with Crippen LogP contribution in [0.5, 0.6) is 0 Å². The number of para-hydroxylation sites is 6. The lowest BCUT2D eigenvalue weighted by Gasteiger charge is -2.09. The third kappa shape index (κ3) is 3.75. The SMILES string of the molecule is c1ccc(-n2c3ccccc3c3cc4c5cc6c(c7ccccc7n6-c6ccccc6)c6c7cc8c9ccccc9n(-c9ccccc9)c8cc7n(c4cc32)c56)cc1. The Hall–Kier alpha value is -7.82. The number of benzene rings is 9. The smallest absolute Gasteiger partial charge is 0.0628 e. The molecule has 0 fully saturated rings. The lowest BCUT2D eigenvalue weighted by molar-refractivity contribution is 1.18. The van der Waals surface area contributed by atoms with Crippen LogP contribution in [0.2, 0.25) is 0 Å². The van der Waals surface area contributed by atoms with Gasteiger partial charge < -0.3 is 18.1 Å². The number of fused-ring (bicyclic) bond motifs is 16. The van der Waals surface area contributed by atoms with Gasteiger partial charge in [-0.3, -0.25) is 0 Å². The molecule has 0 saturated carbocycles. The van der Waals surface area contributed by atoms with E-state index in [1.807, 2.05) is 0 Å². The molecule has 58 heavy (non-hydrogen) atoms. The maximum atomic E-state index is 2.59. The molecule has 14 rings (SSSR count). The fraction of sp³-hybridized carbons (Fsp3) is 0. The van der Waals surface area contributed by atoms with Crippen LogP contribution in [0.25, 0.3) is 121 Å². The molecule has 0 aliphatic carbocycles. The molecule has 0 aliphatic heterocycles. The minimum Gasteiger partial charge on any atom is -0.309 e. The summed E-state index contributed by atoms with van der Waals surface area (Å²) in [6.45, 7) is 0. The third-order valence-corrected chi connectivity index (χ3v) is 12.8. The zero-order chi connectivity index (χ0) is 37.6. The van der Waals surface area contributed by atoms with Crippen LogP contribution in [0.4, 0.5) is 0 Å². The van der Waals surface area contributed by atoms with Crippen LogP contribution >= 0.6 is 0 Å². The summed E-state index contributed by atoms with van der Waals surface area (Å²) < 4.78 is 9.94. The van der Waals surface area contributed by atoms with Crippen molar-refractivity contribution >= 4 is 104 Å². The Morgan fingerprint density at radius 1 is 0.224 bits per heavy atom. The Kier molecular flexibility index (Phi) is 5.73. The minimum atomic E-state index is 1.16. The van der Waals surface area contributed by atoms with Crippen LogP contribution in [0, 0.1) is 0 Å². The molecule has 0 N–H and O–H groups in total. The number of aromatic nitrogens is 4. The van der Waals surface area contributed by atoms with Crippen LogP contribution in [0.15, 0.2) is 194 Å². The summed E-state index contributed by atoms with van der Waals surface area (Å²) in [6, 6.07) is 71.5. The third-order valence-electron chi connectivity index (χ3n) is 12.8. The lowest BCUT2D eigenvalue weighted by Crippen LogP contribution is -1.94. The summed E-state index contributed by atoms with van der Waals surface area (Å²) in [4.78, 5) is 0. The van der Waals surface area contributed by atoms with Crippen molar-refractivity contribution in [3.63, 3.8) is 0 Å². The molecule has 4 heteroatoms. The lowest BCUT2D eigenvalue weighted by atomic mass is 10.00. The first-order valence-electron chi connectivity index (χ1n) is 20.0. The molecule has 9 aromatic carbocycles. The first-order chi connectivity index (χ1) is 28.8. The Balaban J connectivity index is 1.26. The van der Waals surface area contributed by atoms with E-state index < -0.39 is 0 Å². The zero-order valence-electron chi connectivity index (χ0n) is 31.3. The number of rotatable bonds is 3. The molecule has 268 valence electrons. The van der Waals surface area contributed by atoms with Crippen LogP contribution in [0.3, 0.4) is 0 Å². The highest BCUT2D eigenvalue weighted by atomic mass is 15.0. The highest BCUT2D eigenvalue weighted by molar-refractivity contribution is 6.37. The molecular formula is C54H32N4. The second-order valence-corrected chi connectivity index (χ2v) is 15.7. The molecule has 0 spiro atoms. The fourth-order valence-electron chi connectivity index (χ4n) is 10.5. The molecule has 0 bridgehead atoms. The molecule has 5 aromatic heterocycles. The first kappa shape index (κ1) is 30.4. The number of nitrogens with zero attached hydrogens (tertiary/aromatic N) is 4. The van der Waals surface area contributed by atoms with Gasteiger partial charge in [-0.1, -0.05) is 109 Å².